The average Bonchev–Trinajstić information content (AvgIpc) is 2.64. The van der Waals surface area contributed by atoms with E-state index in [0.717, 1.165) is 0 Å². The molecule has 1 N–H and O–H groups in total. The Morgan fingerprint density at radius 1 is 1.08 bits per heavy atom. The molecular formula is C18H12BrF2N3OS. The van der Waals surface area contributed by atoms with E-state index in [1.165, 1.54) is 42.2 Å². The number of nitrogens with zero attached hydrogens (tertiary/aromatic N) is 2. The van der Waals surface area contributed by atoms with Gasteiger partial charge in [-0.25, -0.2) is 18.7 Å². The van der Waals surface area contributed by atoms with Gasteiger partial charge in [0.1, 0.15) is 17.3 Å². The van der Waals surface area contributed by atoms with Gasteiger partial charge in [-0.1, -0.05) is 42.1 Å². The Kier molecular flexibility index (Phi) is 5.95. The normalized spacial score (nSPS) is 10.6. The second-order valence-electron chi connectivity index (χ2n) is 5.16. The molecule has 26 heavy (non-hydrogen) atoms. The summed E-state index contributed by atoms with van der Waals surface area (Å²) in [6.07, 6.45) is 1.44. The number of aromatic nitrogens is 2. The lowest BCUT2D eigenvalue weighted by molar-refractivity contribution is 0.102. The molecule has 3 aromatic rings. The largest absolute Gasteiger partial charge is 0.318 e. The number of thioether (sulfide) groups is 1. The number of anilines is 1. The van der Waals surface area contributed by atoms with Crippen LogP contribution in [0, 0.1) is 11.6 Å². The van der Waals surface area contributed by atoms with Gasteiger partial charge in [0.2, 0.25) is 0 Å². The molecule has 2 aromatic carbocycles. The fraction of sp³-hybridized carbons (Fsp3) is 0.0556. The van der Waals surface area contributed by atoms with Gasteiger partial charge in [-0.2, -0.15) is 0 Å². The molecule has 0 aliphatic carbocycles. The number of para-hydroxylation sites is 1. The third-order valence-electron chi connectivity index (χ3n) is 3.37. The highest BCUT2D eigenvalue weighted by molar-refractivity contribution is 9.10. The third kappa shape index (κ3) is 4.44. The SMILES string of the molecule is O=C(Nc1ccccc1F)c1nc(SCc2ccccc2F)ncc1Br. The molecule has 0 bridgehead atoms. The summed E-state index contributed by atoms with van der Waals surface area (Å²) >= 11 is 4.42. The van der Waals surface area contributed by atoms with E-state index < -0.39 is 11.7 Å². The van der Waals surface area contributed by atoms with Crippen LogP contribution < -0.4 is 5.32 Å². The number of amides is 1. The van der Waals surface area contributed by atoms with Crippen molar-refractivity contribution in [1.82, 2.24) is 9.97 Å². The number of rotatable bonds is 5. The zero-order chi connectivity index (χ0) is 18.5. The summed E-state index contributed by atoms with van der Waals surface area (Å²) in [5.74, 6) is -1.10. The molecule has 0 saturated carbocycles. The van der Waals surface area contributed by atoms with E-state index in [9.17, 15) is 13.6 Å². The Morgan fingerprint density at radius 2 is 1.77 bits per heavy atom. The second-order valence-corrected chi connectivity index (χ2v) is 6.96. The molecule has 4 nitrogen and oxygen atoms in total. The third-order valence-corrected chi connectivity index (χ3v) is 4.86. The molecule has 0 radical (unpaired) electrons. The van der Waals surface area contributed by atoms with Gasteiger partial charge in [0.15, 0.2) is 5.16 Å². The molecular weight excluding hydrogens is 424 g/mol. The van der Waals surface area contributed by atoms with E-state index in [-0.39, 0.29) is 17.2 Å². The molecule has 1 heterocycles. The van der Waals surface area contributed by atoms with Gasteiger partial charge in [-0.05, 0) is 39.7 Å². The molecule has 3 rings (SSSR count). The molecule has 8 heteroatoms. The van der Waals surface area contributed by atoms with Crippen LogP contribution in [0.4, 0.5) is 14.5 Å². The first kappa shape index (κ1) is 18.5. The first-order valence-corrected chi connectivity index (χ1v) is 9.27. The Balaban J connectivity index is 1.76. The molecule has 0 atom stereocenters. The summed E-state index contributed by atoms with van der Waals surface area (Å²) in [5, 5.41) is 2.79. The maximum absolute atomic E-state index is 13.7. The number of nitrogens with one attached hydrogen (secondary N) is 1. The predicted molar refractivity (Wildman–Crippen MR) is 100 cm³/mol. The molecule has 132 valence electrons. The first-order chi connectivity index (χ1) is 12.5. The van der Waals surface area contributed by atoms with Gasteiger partial charge in [0.05, 0.1) is 10.2 Å². The maximum Gasteiger partial charge on any atom is 0.275 e. The molecule has 0 aliphatic heterocycles. The van der Waals surface area contributed by atoms with Crippen molar-refractivity contribution in [3.8, 4) is 0 Å². The number of carbonyl (C=O) groups is 1. The lowest BCUT2D eigenvalue weighted by Gasteiger charge is -2.08. The Bertz CT molecular complexity index is 955. The van der Waals surface area contributed by atoms with Crippen LogP contribution >= 0.6 is 27.7 Å². The highest BCUT2D eigenvalue weighted by atomic mass is 79.9. The van der Waals surface area contributed by atoms with Crippen LogP contribution in [0.25, 0.3) is 0 Å². The molecule has 1 amide bonds. The topological polar surface area (TPSA) is 54.9 Å². The van der Waals surface area contributed by atoms with Gasteiger partial charge < -0.3 is 5.32 Å². The van der Waals surface area contributed by atoms with Crippen molar-refractivity contribution in [2.24, 2.45) is 0 Å². The smallest absolute Gasteiger partial charge is 0.275 e. The zero-order valence-corrected chi connectivity index (χ0v) is 15.7. The maximum atomic E-state index is 13.7. The van der Waals surface area contributed by atoms with Crippen LogP contribution in [0.5, 0.6) is 0 Å². The van der Waals surface area contributed by atoms with E-state index in [1.54, 1.807) is 24.3 Å². The van der Waals surface area contributed by atoms with E-state index in [1.807, 2.05) is 0 Å². The number of hydrogen-bond donors (Lipinski definition) is 1. The van der Waals surface area contributed by atoms with Crippen molar-refractivity contribution < 1.29 is 13.6 Å². The number of halogens is 3. The number of benzene rings is 2. The van der Waals surface area contributed by atoms with Crippen molar-refractivity contribution in [3.63, 3.8) is 0 Å². The molecule has 0 saturated heterocycles. The number of hydrogen-bond acceptors (Lipinski definition) is 4. The fourth-order valence-corrected chi connectivity index (χ4v) is 3.25. The summed E-state index contributed by atoms with van der Waals surface area (Å²) < 4.78 is 27.8. The Morgan fingerprint density at radius 3 is 2.50 bits per heavy atom. The minimum absolute atomic E-state index is 0.0589. The van der Waals surface area contributed by atoms with Gasteiger partial charge in [-0.15, -0.1) is 0 Å². The van der Waals surface area contributed by atoms with Gasteiger partial charge in [-0.3, -0.25) is 4.79 Å². The first-order valence-electron chi connectivity index (χ1n) is 7.49. The summed E-state index contributed by atoms with van der Waals surface area (Å²) in [7, 11) is 0. The second kappa shape index (κ2) is 8.37. The predicted octanol–water partition coefficient (Wildman–Crippen LogP) is 5.06. The quantitative estimate of drug-likeness (QED) is 0.449. The minimum atomic E-state index is -0.572. The van der Waals surface area contributed by atoms with Gasteiger partial charge in [0, 0.05) is 11.9 Å². The molecule has 0 spiro atoms. The number of carbonyl (C=O) groups excluding carboxylic acids is 1. The van der Waals surface area contributed by atoms with Crippen molar-refractivity contribution in [1.29, 1.82) is 0 Å². The van der Waals surface area contributed by atoms with Crippen LogP contribution in [0.2, 0.25) is 0 Å². The molecule has 0 fully saturated rings. The van der Waals surface area contributed by atoms with Crippen molar-refractivity contribution in [2.45, 2.75) is 10.9 Å². The average molecular weight is 436 g/mol. The van der Waals surface area contributed by atoms with Crippen LogP contribution in [0.3, 0.4) is 0 Å². The molecule has 1 aromatic heterocycles. The van der Waals surface area contributed by atoms with Crippen molar-refractivity contribution in [3.05, 3.63) is 82.1 Å². The van der Waals surface area contributed by atoms with Gasteiger partial charge >= 0.3 is 0 Å². The summed E-state index contributed by atoms with van der Waals surface area (Å²) in [4.78, 5) is 20.7. The van der Waals surface area contributed by atoms with Crippen molar-refractivity contribution >= 4 is 39.3 Å². The monoisotopic (exact) mass is 435 g/mol. The lowest BCUT2D eigenvalue weighted by Crippen LogP contribution is -2.16. The van der Waals surface area contributed by atoms with Crippen LogP contribution in [0.1, 0.15) is 16.1 Å². The Labute approximate surface area is 161 Å². The van der Waals surface area contributed by atoms with Gasteiger partial charge in [0.25, 0.3) is 5.91 Å². The van der Waals surface area contributed by atoms with E-state index in [4.69, 9.17) is 0 Å². The highest BCUT2D eigenvalue weighted by Gasteiger charge is 2.16. The standard InChI is InChI=1S/C18H12BrF2N3OS/c19-12-9-22-18(26-10-11-5-1-2-6-13(11)20)24-16(12)17(25)23-15-8-4-3-7-14(15)21/h1-9H,10H2,(H,23,25). The summed E-state index contributed by atoms with van der Waals surface area (Å²) in [6.45, 7) is 0. The Hall–Kier alpha value is -2.32. The summed E-state index contributed by atoms with van der Waals surface area (Å²) in [5.41, 5.74) is 0.643. The van der Waals surface area contributed by atoms with Crippen LogP contribution in [0.15, 0.2) is 64.4 Å². The van der Waals surface area contributed by atoms with E-state index in [0.29, 0.717) is 20.9 Å². The van der Waals surface area contributed by atoms with E-state index in [2.05, 4.69) is 31.2 Å². The van der Waals surface area contributed by atoms with Crippen LogP contribution in [-0.4, -0.2) is 15.9 Å². The fourth-order valence-electron chi connectivity index (χ4n) is 2.08. The molecule has 0 unspecified atom stereocenters. The van der Waals surface area contributed by atoms with E-state index >= 15 is 0 Å². The zero-order valence-electron chi connectivity index (χ0n) is 13.2. The van der Waals surface area contributed by atoms with Crippen LogP contribution in [-0.2, 0) is 5.75 Å². The molecule has 0 aliphatic rings. The minimum Gasteiger partial charge on any atom is -0.318 e. The van der Waals surface area contributed by atoms with Crippen molar-refractivity contribution in [2.75, 3.05) is 5.32 Å². The lowest BCUT2D eigenvalue weighted by atomic mass is 10.2. The summed E-state index contributed by atoms with van der Waals surface area (Å²) in [6, 6.07) is 12.3. The highest BCUT2D eigenvalue weighted by Crippen LogP contribution is 2.24.